The lowest BCUT2D eigenvalue weighted by molar-refractivity contribution is -0.149. The smallest absolute Gasteiger partial charge is 0.408 e. The second-order valence-corrected chi connectivity index (χ2v) is 10.7. The highest BCUT2D eigenvalue weighted by atomic mass is 16.6. The number of benzene rings is 2. The summed E-state index contributed by atoms with van der Waals surface area (Å²) in [6.07, 6.45) is -0.994. The average Bonchev–Trinajstić information content (AvgIpc) is 2.90. The van der Waals surface area contributed by atoms with Crippen molar-refractivity contribution in [3.05, 3.63) is 71.8 Å². The monoisotopic (exact) mass is 569 g/mol. The number of carboxylic acid groups (broad SMARTS) is 1. The Balaban J connectivity index is 2.14. The molecule has 2 aromatic rings. The number of hydrogen-bond donors (Lipinski definition) is 4. The zero-order valence-electron chi connectivity index (χ0n) is 24.0. The maximum absolute atomic E-state index is 13.3. The minimum Gasteiger partial charge on any atom is -0.481 e. The van der Waals surface area contributed by atoms with Gasteiger partial charge in [-0.3, -0.25) is 14.4 Å². The van der Waals surface area contributed by atoms with E-state index in [0.717, 1.165) is 11.1 Å². The van der Waals surface area contributed by atoms with Crippen molar-refractivity contribution in [3.63, 3.8) is 0 Å². The third-order valence-electron chi connectivity index (χ3n) is 5.89. The van der Waals surface area contributed by atoms with Gasteiger partial charge in [0, 0.05) is 0 Å². The second-order valence-electron chi connectivity index (χ2n) is 10.7. The van der Waals surface area contributed by atoms with Crippen LogP contribution in [0.3, 0.4) is 0 Å². The Kier molecular flexibility index (Phi) is 12.3. The van der Waals surface area contributed by atoms with Gasteiger partial charge < -0.3 is 30.5 Å². The molecule has 4 N–H and O–H groups in total. The first-order valence-corrected chi connectivity index (χ1v) is 13.3. The molecule has 0 saturated carbocycles. The van der Waals surface area contributed by atoms with Crippen LogP contribution in [0.15, 0.2) is 60.7 Å². The van der Waals surface area contributed by atoms with Crippen LogP contribution < -0.4 is 16.0 Å². The third-order valence-corrected chi connectivity index (χ3v) is 5.89. The fourth-order valence-electron chi connectivity index (χ4n) is 3.76. The Hall–Kier alpha value is -4.41. The van der Waals surface area contributed by atoms with Gasteiger partial charge in [-0.05, 0) is 58.6 Å². The Labute approximate surface area is 240 Å². The molecule has 11 nitrogen and oxygen atoms in total. The first kappa shape index (κ1) is 32.8. The Bertz CT molecular complexity index is 1180. The summed E-state index contributed by atoms with van der Waals surface area (Å²) in [5.74, 6) is -4.41. The number of esters is 1. The van der Waals surface area contributed by atoms with Gasteiger partial charge in [-0.2, -0.15) is 0 Å². The second kappa shape index (κ2) is 15.4. The van der Waals surface area contributed by atoms with Crippen molar-refractivity contribution in [1.29, 1.82) is 0 Å². The summed E-state index contributed by atoms with van der Waals surface area (Å²) in [6.45, 7) is 7.84. The molecule has 41 heavy (non-hydrogen) atoms. The van der Waals surface area contributed by atoms with Crippen molar-refractivity contribution < 1.29 is 38.6 Å². The first-order valence-electron chi connectivity index (χ1n) is 13.3. The number of amides is 3. The van der Waals surface area contributed by atoms with Crippen LogP contribution in [0.25, 0.3) is 0 Å². The van der Waals surface area contributed by atoms with Crippen LogP contribution in [0.5, 0.6) is 0 Å². The van der Waals surface area contributed by atoms with Gasteiger partial charge >= 0.3 is 18.0 Å². The zero-order valence-corrected chi connectivity index (χ0v) is 24.0. The number of carbonyl (C=O) groups is 5. The highest BCUT2D eigenvalue weighted by molar-refractivity contribution is 5.93. The number of rotatable bonds is 13. The Morgan fingerprint density at radius 2 is 1.34 bits per heavy atom. The topological polar surface area (TPSA) is 160 Å². The highest BCUT2D eigenvalue weighted by Gasteiger charge is 2.32. The molecule has 0 spiro atoms. The lowest BCUT2D eigenvalue weighted by Crippen LogP contribution is -2.55. The predicted octanol–water partition coefficient (Wildman–Crippen LogP) is 2.97. The SMILES string of the molecule is C[C@H](NC(=O)OC(C)(C)C)C(=O)N[C@@H](CC(Cc1ccccc1)C(=O)O)C(=O)N[C@@H](C)C(=O)OCc1ccccc1. The van der Waals surface area contributed by atoms with Crippen LogP contribution in [0.2, 0.25) is 0 Å². The molecule has 0 aromatic heterocycles. The standard InChI is InChI=1S/C30H39N3O8/c1-19(32-29(39)41-30(3,4)5)25(34)33-24(17-23(27(36)37)16-21-12-8-6-9-13-21)26(35)31-20(2)28(38)40-18-22-14-10-7-11-15-22/h6-15,19-20,23-24H,16-18H2,1-5H3,(H,31,35)(H,32,39)(H,33,34)(H,36,37)/t19-,20-,23?,24-/m0/s1. The Morgan fingerprint density at radius 3 is 1.88 bits per heavy atom. The molecule has 1 unspecified atom stereocenters. The van der Waals surface area contributed by atoms with E-state index in [1.165, 1.54) is 13.8 Å². The van der Waals surface area contributed by atoms with Crippen molar-refractivity contribution in [2.75, 3.05) is 0 Å². The quantitative estimate of drug-likeness (QED) is 0.268. The molecule has 0 radical (unpaired) electrons. The molecule has 0 aliphatic heterocycles. The molecule has 3 amide bonds. The molecule has 0 fully saturated rings. The van der Waals surface area contributed by atoms with Crippen molar-refractivity contribution >= 4 is 29.8 Å². The van der Waals surface area contributed by atoms with E-state index in [2.05, 4.69) is 16.0 Å². The van der Waals surface area contributed by atoms with Crippen LogP contribution in [0.4, 0.5) is 4.79 Å². The van der Waals surface area contributed by atoms with Crippen molar-refractivity contribution in [2.24, 2.45) is 5.92 Å². The van der Waals surface area contributed by atoms with Gasteiger partial charge in [-0.15, -0.1) is 0 Å². The molecular formula is C30H39N3O8. The lowest BCUT2D eigenvalue weighted by Gasteiger charge is -2.26. The normalized spacial score (nSPS) is 14.0. The van der Waals surface area contributed by atoms with E-state index >= 15 is 0 Å². The van der Waals surface area contributed by atoms with E-state index in [1.807, 2.05) is 6.07 Å². The zero-order chi connectivity index (χ0) is 30.6. The molecule has 0 bridgehead atoms. The van der Waals surface area contributed by atoms with Gasteiger partial charge in [-0.25, -0.2) is 9.59 Å². The number of ether oxygens (including phenoxy) is 2. The number of carboxylic acids is 1. The maximum atomic E-state index is 13.3. The summed E-state index contributed by atoms with van der Waals surface area (Å²) < 4.78 is 10.4. The van der Waals surface area contributed by atoms with Gasteiger partial charge in [0.25, 0.3) is 0 Å². The Morgan fingerprint density at radius 1 is 0.780 bits per heavy atom. The highest BCUT2D eigenvalue weighted by Crippen LogP contribution is 2.16. The number of nitrogens with one attached hydrogen (secondary N) is 3. The molecule has 0 aliphatic carbocycles. The summed E-state index contributed by atoms with van der Waals surface area (Å²) in [6, 6.07) is 14.3. The minimum absolute atomic E-state index is 0.00601. The van der Waals surface area contributed by atoms with E-state index in [0.29, 0.717) is 0 Å². The molecule has 2 aromatic carbocycles. The molecule has 222 valence electrons. The minimum atomic E-state index is -1.33. The van der Waals surface area contributed by atoms with Gasteiger partial charge in [0.1, 0.15) is 30.3 Å². The van der Waals surface area contributed by atoms with Crippen LogP contribution in [0, 0.1) is 5.92 Å². The van der Waals surface area contributed by atoms with Gasteiger partial charge in [-0.1, -0.05) is 60.7 Å². The lowest BCUT2D eigenvalue weighted by atomic mass is 9.92. The van der Waals surface area contributed by atoms with E-state index in [1.54, 1.807) is 75.4 Å². The van der Waals surface area contributed by atoms with E-state index in [-0.39, 0.29) is 19.4 Å². The van der Waals surface area contributed by atoms with Gasteiger partial charge in [0.15, 0.2) is 0 Å². The fraction of sp³-hybridized carbons (Fsp3) is 0.433. The summed E-state index contributed by atoms with van der Waals surface area (Å²) in [4.78, 5) is 63.0. The van der Waals surface area contributed by atoms with Crippen molar-refractivity contribution in [1.82, 2.24) is 16.0 Å². The number of aliphatic carboxylic acids is 1. The van der Waals surface area contributed by atoms with Crippen LogP contribution in [-0.4, -0.2) is 58.7 Å². The first-order chi connectivity index (χ1) is 19.2. The fourth-order valence-corrected chi connectivity index (χ4v) is 3.76. The van der Waals surface area contributed by atoms with Crippen LogP contribution in [0.1, 0.15) is 52.2 Å². The average molecular weight is 570 g/mol. The van der Waals surface area contributed by atoms with Gasteiger partial charge in [0.2, 0.25) is 11.8 Å². The predicted molar refractivity (Wildman–Crippen MR) is 150 cm³/mol. The molecule has 0 heterocycles. The van der Waals surface area contributed by atoms with Crippen molar-refractivity contribution in [3.8, 4) is 0 Å². The molecule has 0 aliphatic rings. The van der Waals surface area contributed by atoms with E-state index in [9.17, 15) is 29.1 Å². The van der Waals surface area contributed by atoms with Crippen LogP contribution in [-0.2, 0) is 41.7 Å². The summed E-state index contributed by atoms with van der Waals surface area (Å²) in [5, 5.41) is 17.3. The molecule has 0 saturated heterocycles. The van der Waals surface area contributed by atoms with E-state index < -0.39 is 59.5 Å². The summed E-state index contributed by atoms with van der Waals surface area (Å²) in [7, 11) is 0. The molecule has 4 atom stereocenters. The molecular weight excluding hydrogens is 530 g/mol. The number of hydrogen-bond acceptors (Lipinski definition) is 7. The summed E-state index contributed by atoms with van der Waals surface area (Å²) >= 11 is 0. The molecule has 11 heteroatoms. The molecule has 2 rings (SSSR count). The number of carbonyl (C=O) groups excluding carboxylic acids is 4. The number of alkyl carbamates (subject to hydrolysis) is 1. The van der Waals surface area contributed by atoms with Crippen LogP contribution >= 0.6 is 0 Å². The third kappa shape index (κ3) is 12.1. The van der Waals surface area contributed by atoms with Crippen molar-refractivity contribution in [2.45, 2.75) is 77.8 Å². The van der Waals surface area contributed by atoms with Gasteiger partial charge in [0.05, 0.1) is 5.92 Å². The maximum Gasteiger partial charge on any atom is 0.408 e. The largest absolute Gasteiger partial charge is 0.481 e. The van der Waals surface area contributed by atoms with E-state index in [4.69, 9.17) is 9.47 Å². The summed E-state index contributed by atoms with van der Waals surface area (Å²) in [5.41, 5.74) is 0.713.